The summed E-state index contributed by atoms with van der Waals surface area (Å²) in [7, 11) is 1.62. The van der Waals surface area contributed by atoms with Gasteiger partial charge in [-0.05, 0) is 12.8 Å². The Morgan fingerprint density at radius 2 is 2.29 bits per heavy atom. The van der Waals surface area contributed by atoms with Gasteiger partial charge in [-0.15, -0.1) is 0 Å². The lowest BCUT2D eigenvalue weighted by Crippen LogP contribution is -2.20. The number of hydrogen-bond acceptors (Lipinski definition) is 6. The lowest BCUT2D eigenvalue weighted by Gasteiger charge is -2.14. The van der Waals surface area contributed by atoms with Gasteiger partial charge in [-0.1, -0.05) is 11.3 Å². The van der Waals surface area contributed by atoms with E-state index in [1.165, 1.54) is 12.1 Å². The maximum absolute atomic E-state index is 12.1. The topological polar surface area (TPSA) is 88.8 Å². The van der Waals surface area contributed by atoms with Crippen molar-refractivity contribution in [2.24, 2.45) is 5.41 Å². The molecule has 1 aliphatic carbocycles. The first kappa shape index (κ1) is 14.1. The molecule has 0 spiro atoms. The Hall–Kier alpha value is -1.86. The highest BCUT2D eigenvalue weighted by Crippen LogP contribution is 2.49. The van der Waals surface area contributed by atoms with Crippen LogP contribution < -0.4 is 10.3 Å². The van der Waals surface area contributed by atoms with Crippen LogP contribution in [0.4, 0.5) is 5.69 Å². The number of ether oxygens (including phenoxy) is 1. The van der Waals surface area contributed by atoms with Gasteiger partial charge in [0.1, 0.15) is 5.75 Å². The minimum atomic E-state index is -0.440. The van der Waals surface area contributed by atoms with Gasteiger partial charge in [-0.2, -0.15) is 0 Å². The van der Waals surface area contributed by atoms with Gasteiger partial charge in [0.05, 0.1) is 17.0 Å². The van der Waals surface area contributed by atoms with Gasteiger partial charge in [0.25, 0.3) is 0 Å². The molecule has 2 N–H and O–H groups in total. The van der Waals surface area contributed by atoms with Crippen molar-refractivity contribution in [2.75, 3.05) is 19.0 Å². The highest BCUT2D eigenvalue weighted by molar-refractivity contribution is 7.16. The molecular formula is C14H15NO5S. The van der Waals surface area contributed by atoms with Crippen LogP contribution in [0.25, 0.3) is 10.3 Å². The molecule has 7 heteroatoms. The van der Waals surface area contributed by atoms with Crippen LogP contribution in [0.1, 0.15) is 19.3 Å². The molecule has 21 heavy (non-hydrogen) atoms. The lowest BCUT2D eigenvalue weighted by molar-refractivity contribution is -0.117. The van der Waals surface area contributed by atoms with Crippen molar-refractivity contribution in [1.29, 1.82) is 0 Å². The molecule has 1 aromatic carbocycles. The van der Waals surface area contributed by atoms with Crippen LogP contribution in [0.3, 0.4) is 0 Å². The minimum Gasteiger partial charge on any atom is -0.506 e. The Morgan fingerprint density at radius 3 is 2.95 bits per heavy atom. The molecule has 1 saturated carbocycles. The molecule has 3 rings (SSSR count). The van der Waals surface area contributed by atoms with E-state index in [2.05, 4.69) is 5.32 Å². The predicted octanol–water partition coefficient (Wildman–Crippen LogP) is 2.32. The van der Waals surface area contributed by atoms with Crippen LogP contribution in [0.5, 0.6) is 5.75 Å². The van der Waals surface area contributed by atoms with E-state index in [0.717, 1.165) is 24.2 Å². The SMILES string of the molecule is COCC1(CC(=O)Nc2cc3oc(=O)sc3cc2O)CC1. The molecule has 1 aliphatic rings. The van der Waals surface area contributed by atoms with Crippen molar-refractivity contribution >= 4 is 33.2 Å². The minimum absolute atomic E-state index is 0.0620. The number of nitrogens with one attached hydrogen (secondary N) is 1. The van der Waals surface area contributed by atoms with Gasteiger partial charge in [-0.25, -0.2) is 4.79 Å². The van der Waals surface area contributed by atoms with E-state index < -0.39 is 4.94 Å². The zero-order chi connectivity index (χ0) is 15.0. The van der Waals surface area contributed by atoms with E-state index in [0.29, 0.717) is 23.3 Å². The zero-order valence-electron chi connectivity index (χ0n) is 11.5. The second kappa shape index (κ2) is 5.16. The predicted molar refractivity (Wildman–Crippen MR) is 78.8 cm³/mol. The molecule has 1 amide bonds. The van der Waals surface area contributed by atoms with E-state index in [-0.39, 0.29) is 22.8 Å². The van der Waals surface area contributed by atoms with Gasteiger partial charge in [0.2, 0.25) is 5.91 Å². The van der Waals surface area contributed by atoms with Gasteiger partial charge in [-0.3, -0.25) is 4.79 Å². The lowest BCUT2D eigenvalue weighted by atomic mass is 10.0. The molecule has 0 saturated heterocycles. The summed E-state index contributed by atoms with van der Waals surface area (Å²) in [6.45, 7) is 0.560. The monoisotopic (exact) mass is 309 g/mol. The van der Waals surface area contributed by atoms with Gasteiger partial charge >= 0.3 is 4.94 Å². The van der Waals surface area contributed by atoms with E-state index in [4.69, 9.17) is 9.15 Å². The molecule has 6 nitrogen and oxygen atoms in total. The van der Waals surface area contributed by atoms with Crippen LogP contribution >= 0.6 is 11.3 Å². The summed E-state index contributed by atoms with van der Waals surface area (Å²) in [5, 5.41) is 12.6. The smallest absolute Gasteiger partial charge is 0.396 e. The third-order valence-corrected chi connectivity index (χ3v) is 4.45. The number of aromatic hydroxyl groups is 1. The highest BCUT2D eigenvalue weighted by Gasteiger charge is 2.44. The summed E-state index contributed by atoms with van der Waals surface area (Å²) in [5.74, 6) is -0.263. The molecule has 0 bridgehead atoms. The molecule has 0 atom stereocenters. The Morgan fingerprint density at radius 1 is 1.52 bits per heavy atom. The van der Waals surface area contributed by atoms with Crippen molar-refractivity contribution in [3.63, 3.8) is 0 Å². The summed E-state index contributed by atoms with van der Waals surface area (Å²) >= 11 is 0.909. The number of carbonyl (C=O) groups excluding carboxylic acids is 1. The average molecular weight is 309 g/mol. The second-order valence-electron chi connectivity index (χ2n) is 5.43. The first-order valence-corrected chi connectivity index (χ1v) is 7.38. The first-order chi connectivity index (χ1) is 10.0. The van der Waals surface area contributed by atoms with Gasteiger partial charge in [0, 0.05) is 31.1 Å². The zero-order valence-corrected chi connectivity index (χ0v) is 12.3. The van der Waals surface area contributed by atoms with Crippen LogP contribution in [0, 0.1) is 5.41 Å². The van der Waals surface area contributed by atoms with Crippen LogP contribution in [-0.4, -0.2) is 24.7 Å². The Balaban J connectivity index is 1.76. The number of phenols is 1. The van der Waals surface area contributed by atoms with Crippen molar-refractivity contribution in [3.05, 3.63) is 21.9 Å². The molecule has 0 radical (unpaired) electrons. The van der Waals surface area contributed by atoms with Crippen molar-refractivity contribution < 1.29 is 19.1 Å². The van der Waals surface area contributed by atoms with Crippen molar-refractivity contribution in [3.8, 4) is 5.75 Å². The van der Waals surface area contributed by atoms with E-state index in [1.807, 2.05) is 0 Å². The van der Waals surface area contributed by atoms with Gasteiger partial charge < -0.3 is 19.6 Å². The fourth-order valence-corrected chi connectivity index (χ4v) is 3.08. The maximum Gasteiger partial charge on any atom is 0.396 e. The van der Waals surface area contributed by atoms with Crippen LogP contribution in [0.15, 0.2) is 21.3 Å². The molecule has 1 aromatic heterocycles. The molecule has 1 heterocycles. The molecule has 1 fully saturated rings. The van der Waals surface area contributed by atoms with Crippen molar-refractivity contribution in [1.82, 2.24) is 0 Å². The standard InChI is InChI=1S/C14H15NO5S/c1-19-7-14(2-3-14)6-12(17)15-8-4-10-11(5-9(8)16)21-13(18)20-10/h4-5,16H,2-3,6-7H2,1H3,(H,15,17). The molecule has 2 aromatic rings. The first-order valence-electron chi connectivity index (χ1n) is 6.57. The number of carbonyl (C=O) groups is 1. The van der Waals surface area contributed by atoms with Crippen LogP contribution in [-0.2, 0) is 9.53 Å². The third-order valence-electron chi connectivity index (χ3n) is 3.67. The number of rotatable bonds is 5. The molecular weight excluding hydrogens is 294 g/mol. The van der Waals surface area contributed by atoms with E-state index in [1.54, 1.807) is 7.11 Å². The number of methoxy groups -OCH3 is 1. The number of benzene rings is 1. The number of fused-ring (bicyclic) bond motifs is 1. The fraction of sp³-hybridized carbons (Fsp3) is 0.429. The summed E-state index contributed by atoms with van der Waals surface area (Å²) < 4.78 is 10.7. The summed E-state index contributed by atoms with van der Waals surface area (Å²) in [6, 6.07) is 2.89. The second-order valence-corrected chi connectivity index (χ2v) is 6.41. The number of hydrogen-bond donors (Lipinski definition) is 2. The third kappa shape index (κ3) is 2.93. The Labute approximate surface area is 124 Å². The van der Waals surface area contributed by atoms with E-state index >= 15 is 0 Å². The van der Waals surface area contributed by atoms with E-state index in [9.17, 15) is 14.7 Å². The van der Waals surface area contributed by atoms with Crippen molar-refractivity contribution in [2.45, 2.75) is 19.3 Å². The van der Waals surface area contributed by atoms with Crippen LogP contribution in [0.2, 0.25) is 0 Å². The Bertz CT molecular complexity index is 743. The average Bonchev–Trinajstić information content (AvgIpc) is 3.04. The highest BCUT2D eigenvalue weighted by atomic mass is 32.1. The largest absolute Gasteiger partial charge is 0.506 e. The molecule has 112 valence electrons. The number of anilines is 1. The maximum atomic E-state index is 12.1. The number of phenolic OH excluding ortho intramolecular Hbond substituents is 1. The molecule has 0 unspecified atom stereocenters. The quantitative estimate of drug-likeness (QED) is 0.827. The van der Waals surface area contributed by atoms with Gasteiger partial charge in [0.15, 0.2) is 5.58 Å². The molecule has 0 aliphatic heterocycles. The fourth-order valence-electron chi connectivity index (χ4n) is 2.40. The Kier molecular flexibility index (Phi) is 3.46. The normalized spacial score (nSPS) is 16.0. The summed E-state index contributed by atoms with van der Waals surface area (Å²) in [4.78, 5) is 22.8. The summed E-state index contributed by atoms with van der Waals surface area (Å²) in [5.41, 5.74) is 0.548. The summed E-state index contributed by atoms with van der Waals surface area (Å²) in [6.07, 6.45) is 2.29. The number of amides is 1.